The molecule has 3 heterocycles. The lowest BCUT2D eigenvalue weighted by Gasteiger charge is -2.24. The fraction of sp³-hybridized carbons (Fsp3) is 0.300. The molecule has 0 saturated carbocycles. The molecule has 0 spiro atoms. The van der Waals surface area contributed by atoms with Gasteiger partial charge in [-0.1, -0.05) is 18.2 Å². The normalized spacial score (nSPS) is 16.9. The number of pyridine rings is 1. The molecule has 1 fully saturated rings. The fourth-order valence-corrected chi connectivity index (χ4v) is 4.23. The van der Waals surface area contributed by atoms with Crippen LogP contribution in [-0.4, -0.2) is 46.4 Å². The van der Waals surface area contributed by atoms with Gasteiger partial charge in [-0.3, -0.25) is 4.79 Å². The number of thioether (sulfide) groups is 1. The molecular weight excluding hydrogens is 344 g/mol. The first-order valence-corrected chi connectivity index (χ1v) is 9.83. The van der Waals surface area contributed by atoms with E-state index in [1.54, 1.807) is 11.8 Å². The quantitative estimate of drug-likeness (QED) is 0.705. The Labute approximate surface area is 157 Å². The molecule has 3 aromatic rings. The smallest absolute Gasteiger partial charge is 0.255 e. The van der Waals surface area contributed by atoms with Crippen LogP contribution in [0.3, 0.4) is 0 Å². The van der Waals surface area contributed by atoms with Gasteiger partial charge in [0.05, 0.1) is 11.3 Å². The molecule has 6 heteroatoms. The fourth-order valence-electron chi connectivity index (χ4n) is 3.30. The standard InChI is InChI=1S/C20H22N4OS/c1-23(16-9-10-21-12-16)20(25)17-6-2-3-7-18(17)26-14-15-13-24-11-5-4-8-19(24)22-15/h2-8,11,13,16,21H,9-10,12,14H2,1H3. The molecule has 1 N–H and O–H groups in total. The minimum atomic E-state index is 0.0943. The van der Waals surface area contributed by atoms with Crippen LogP contribution in [0.5, 0.6) is 0 Å². The molecule has 1 aliphatic rings. The Hall–Kier alpha value is -2.31. The van der Waals surface area contributed by atoms with Crippen LogP contribution in [-0.2, 0) is 5.75 Å². The SMILES string of the molecule is CN(C(=O)c1ccccc1SCc1cn2ccccc2n1)C1CCNC1. The average Bonchev–Trinajstić information content (AvgIpc) is 3.34. The van der Waals surface area contributed by atoms with E-state index in [2.05, 4.69) is 10.3 Å². The summed E-state index contributed by atoms with van der Waals surface area (Å²) in [5, 5.41) is 3.32. The van der Waals surface area contributed by atoms with Gasteiger partial charge in [-0.15, -0.1) is 11.8 Å². The Kier molecular flexibility index (Phi) is 4.95. The molecule has 0 aliphatic carbocycles. The zero-order valence-corrected chi connectivity index (χ0v) is 15.6. The highest BCUT2D eigenvalue weighted by molar-refractivity contribution is 7.98. The molecular formula is C20H22N4OS. The summed E-state index contributed by atoms with van der Waals surface area (Å²) in [6.45, 7) is 1.85. The topological polar surface area (TPSA) is 49.6 Å². The third-order valence-electron chi connectivity index (χ3n) is 4.81. The summed E-state index contributed by atoms with van der Waals surface area (Å²) in [6.07, 6.45) is 5.06. The van der Waals surface area contributed by atoms with Crippen molar-refractivity contribution in [3.63, 3.8) is 0 Å². The summed E-state index contributed by atoms with van der Waals surface area (Å²) in [5.74, 6) is 0.831. The van der Waals surface area contributed by atoms with Crippen LogP contribution in [0.1, 0.15) is 22.5 Å². The van der Waals surface area contributed by atoms with Crippen molar-refractivity contribution in [2.45, 2.75) is 23.1 Å². The van der Waals surface area contributed by atoms with Crippen molar-refractivity contribution in [1.82, 2.24) is 19.6 Å². The predicted molar refractivity (Wildman–Crippen MR) is 105 cm³/mol. The molecule has 0 bridgehead atoms. The Morgan fingerprint density at radius 1 is 1.31 bits per heavy atom. The maximum Gasteiger partial charge on any atom is 0.255 e. The molecule has 4 rings (SSSR count). The lowest BCUT2D eigenvalue weighted by molar-refractivity contribution is 0.0740. The molecule has 26 heavy (non-hydrogen) atoms. The van der Waals surface area contributed by atoms with Crippen molar-refractivity contribution in [2.75, 3.05) is 20.1 Å². The molecule has 0 radical (unpaired) electrons. The van der Waals surface area contributed by atoms with Gasteiger partial charge in [-0.25, -0.2) is 4.98 Å². The summed E-state index contributed by atoms with van der Waals surface area (Å²) >= 11 is 1.66. The highest BCUT2D eigenvalue weighted by Crippen LogP contribution is 2.27. The molecule has 1 aromatic carbocycles. The molecule has 134 valence electrons. The molecule has 1 aliphatic heterocycles. The second kappa shape index (κ2) is 7.51. The highest BCUT2D eigenvalue weighted by Gasteiger charge is 2.25. The molecule has 1 unspecified atom stereocenters. The van der Waals surface area contributed by atoms with Gasteiger partial charge in [-0.2, -0.15) is 0 Å². The van der Waals surface area contributed by atoms with Crippen LogP contribution in [0.4, 0.5) is 0 Å². The number of hydrogen-bond donors (Lipinski definition) is 1. The van der Waals surface area contributed by atoms with Crippen molar-refractivity contribution in [3.05, 3.63) is 66.1 Å². The number of amides is 1. The van der Waals surface area contributed by atoms with Gasteiger partial charge in [0.1, 0.15) is 5.65 Å². The number of nitrogens with zero attached hydrogens (tertiary/aromatic N) is 3. The van der Waals surface area contributed by atoms with Gasteiger partial charge in [0.15, 0.2) is 0 Å². The van der Waals surface area contributed by atoms with Crippen LogP contribution >= 0.6 is 11.8 Å². The lowest BCUT2D eigenvalue weighted by Crippen LogP contribution is -2.38. The number of carbonyl (C=O) groups excluding carboxylic acids is 1. The van der Waals surface area contributed by atoms with Crippen molar-refractivity contribution >= 4 is 23.3 Å². The zero-order valence-electron chi connectivity index (χ0n) is 14.8. The van der Waals surface area contributed by atoms with E-state index < -0.39 is 0 Å². The summed E-state index contributed by atoms with van der Waals surface area (Å²) in [5.41, 5.74) is 2.73. The number of hydrogen-bond acceptors (Lipinski definition) is 4. The molecule has 5 nitrogen and oxygen atoms in total. The maximum absolute atomic E-state index is 13.0. The van der Waals surface area contributed by atoms with E-state index in [9.17, 15) is 4.79 Å². The Morgan fingerprint density at radius 2 is 2.15 bits per heavy atom. The first-order chi connectivity index (χ1) is 12.7. The molecule has 1 amide bonds. The van der Waals surface area contributed by atoms with Gasteiger partial charge in [-0.05, 0) is 37.2 Å². The van der Waals surface area contributed by atoms with Crippen LogP contribution in [0.25, 0.3) is 5.65 Å². The number of rotatable bonds is 5. The first kappa shape index (κ1) is 17.1. The second-order valence-electron chi connectivity index (χ2n) is 6.55. The monoisotopic (exact) mass is 366 g/mol. The number of likely N-dealkylation sites (N-methyl/N-ethyl adjacent to an activating group) is 1. The molecule has 1 saturated heterocycles. The minimum absolute atomic E-state index is 0.0943. The van der Waals surface area contributed by atoms with E-state index in [4.69, 9.17) is 0 Å². The summed E-state index contributed by atoms with van der Waals surface area (Å²) in [6, 6.07) is 14.1. The van der Waals surface area contributed by atoms with Gasteiger partial charge in [0, 0.05) is 42.7 Å². The largest absolute Gasteiger partial charge is 0.337 e. The average molecular weight is 366 g/mol. The van der Waals surface area contributed by atoms with Crippen molar-refractivity contribution < 1.29 is 4.79 Å². The summed E-state index contributed by atoms with van der Waals surface area (Å²) in [7, 11) is 1.91. The third kappa shape index (κ3) is 3.48. The van der Waals surface area contributed by atoms with E-state index in [1.165, 1.54) is 0 Å². The number of imidazole rings is 1. The number of nitrogens with one attached hydrogen (secondary N) is 1. The van der Waals surface area contributed by atoms with E-state index in [0.717, 1.165) is 47.1 Å². The second-order valence-corrected chi connectivity index (χ2v) is 7.56. The Balaban J connectivity index is 1.50. The first-order valence-electron chi connectivity index (χ1n) is 8.85. The summed E-state index contributed by atoms with van der Waals surface area (Å²) in [4.78, 5) is 20.5. The van der Waals surface area contributed by atoms with Gasteiger partial charge < -0.3 is 14.6 Å². The zero-order chi connectivity index (χ0) is 17.9. The van der Waals surface area contributed by atoms with Gasteiger partial charge in [0.2, 0.25) is 0 Å². The number of carbonyl (C=O) groups is 1. The number of benzene rings is 1. The van der Waals surface area contributed by atoms with Crippen molar-refractivity contribution in [2.24, 2.45) is 0 Å². The maximum atomic E-state index is 13.0. The van der Waals surface area contributed by atoms with Gasteiger partial charge in [0.25, 0.3) is 5.91 Å². The van der Waals surface area contributed by atoms with Crippen molar-refractivity contribution in [3.8, 4) is 0 Å². The number of aromatic nitrogens is 2. The highest BCUT2D eigenvalue weighted by atomic mass is 32.2. The summed E-state index contributed by atoms with van der Waals surface area (Å²) < 4.78 is 2.02. The van der Waals surface area contributed by atoms with Crippen LogP contribution < -0.4 is 5.32 Å². The Bertz CT molecular complexity index is 884. The predicted octanol–water partition coefficient (Wildman–Crippen LogP) is 3.06. The molecule has 1 atom stereocenters. The third-order valence-corrected chi connectivity index (χ3v) is 5.92. The van der Waals surface area contributed by atoms with E-state index in [-0.39, 0.29) is 11.9 Å². The minimum Gasteiger partial charge on any atom is -0.337 e. The van der Waals surface area contributed by atoms with E-state index >= 15 is 0 Å². The number of fused-ring (bicyclic) bond motifs is 1. The van der Waals surface area contributed by atoms with Crippen LogP contribution in [0, 0.1) is 0 Å². The van der Waals surface area contributed by atoms with E-state index in [0.29, 0.717) is 0 Å². The van der Waals surface area contributed by atoms with E-state index in [1.807, 2.05) is 71.2 Å². The lowest BCUT2D eigenvalue weighted by atomic mass is 10.1. The van der Waals surface area contributed by atoms with Crippen molar-refractivity contribution in [1.29, 1.82) is 0 Å². The molecule has 2 aromatic heterocycles. The Morgan fingerprint density at radius 3 is 2.96 bits per heavy atom. The van der Waals surface area contributed by atoms with Crippen LogP contribution in [0.15, 0.2) is 59.8 Å². The van der Waals surface area contributed by atoms with Gasteiger partial charge >= 0.3 is 0 Å². The van der Waals surface area contributed by atoms with Crippen LogP contribution in [0.2, 0.25) is 0 Å².